The van der Waals surface area contributed by atoms with Crippen molar-refractivity contribution in [3.63, 3.8) is 0 Å². The van der Waals surface area contributed by atoms with Crippen LogP contribution in [0.1, 0.15) is 0 Å². The Morgan fingerprint density at radius 1 is 0.146 bits per heavy atom. The summed E-state index contributed by atoms with van der Waals surface area (Å²) in [5.41, 5.74) is 0. The molecule has 41 heavy (non-hydrogen) atoms. The summed E-state index contributed by atoms with van der Waals surface area (Å²) in [5, 5.41) is 112. The van der Waals surface area contributed by atoms with Crippen LogP contribution in [0.5, 0.6) is 0 Å². The summed E-state index contributed by atoms with van der Waals surface area (Å²) in [6.07, 6.45) is 0. The van der Waals surface area contributed by atoms with Crippen molar-refractivity contribution >= 4 is 0 Å². The van der Waals surface area contributed by atoms with Crippen molar-refractivity contribution in [3.05, 3.63) is 118 Å². The molecule has 0 bridgehead atoms. The molecule has 0 N–H and O–H groups in total. The van der Waals surface area contributed by atoms with Gasteiger partial charge in [0.15, 0.2) is 0 Å². The van der Waals surface area contributed by atoms with E-state index in [2.05, 4.69) is 0 Å². The number of hydrogen-bond donors (Lipinski definition) is 0. The Balaban J connectivity index is -0.00000000396. The van der Waals surface area contributed by atoms with Crippen LogP contribution in [0.15, 0.2) is 0 Å². The molecule has 0 aromatic carbocycles. The van der Waals surface area contributed by atoms with Gasteiger partial charge in [-0.05, 0) is 0 Å². The second-order valence-corrected chi connectivity index (χ2v) is 0. The maximum atomic E-state index is 6.25. The van der Waals surface area contributed by atoms with Crippen LogP contribution in [0.2, 0.25) is 0 Å². The predicted octanol–water partition coefficient (Wildman–Crippen LogP) is -1.27. The quantitative estimate of drug-likeness (QED) is 0.207. The Morgan fingerprint density at radius 3 is 0.146 bits per heavy atom. The Labute approximate surface area is 328 Å². The Morgan fingerprint density at radius 2 is 0.146 bits per heavy atom. The first-order chi connectivity index (χ1) is 18.0. The minimum absolute atomic E-state index is 0. The number of rotatable bonds is 0. The summed E-state index contributed by atoms with van der Waals surface area (Å²) in [4.78, 5) is 0. The molecular weight excluding hydrogens is 727 g/mol. The monoisotopic (exact) mass is 727 g/mol. The van der Waals surface area contributed by atoms with Crippen LogP contribution in [0.4, 0.5) is 0 Å². The summed E-state index contributed by atoms with van der Waals surface area (Å²) >= 11 is 0. The van der Waals surface area contributed by atoms with Gasteiger partial charge in [-0.1, -0.05) is 0 Å². The van der Waals surface area contributed by atoms with Crippen LogP contribution in [0.25, 0.3) is 0 Å². The van der Waals surface area contributed by atoms with Crippen molar-refractivity contribution in [2.24, 2.45) is 0 Å². The molecule has 0 unspecified atom stereocenters. The maximum absolute atomic E-state index is 6.25. The van der Waals surface area contributed by atoms with E-state index in [-0.39, 0.29) is 120 Å². The molecule has 0 aliphatic rings. The van der Waals surface area contributed by atoms with Gasteiger partial charge in [0, 0.05) is 51.2 Å². The molecule has 0 rings (SSSR count). The van der Waals surface area contributed by atoms with Crippen LogP contribution in [0, 0.1) is 213 Å². The smallest absolute Gasteiger partial charge is 0.512 e. The number of nitrogens with zero attached hydrogens (tertiary/aromatic N) is 18. The van der Waals surface area contributed by atoms with E-state index >= 15 is 0 Å². The van der Waals surface area contributed by atoms with Gasteiger partial charge in [-0.3, -0.25) is 0 Å². The summed E-state index contributed by atoms with van der Waals surface area (Å²) in [6, 6.07) is 0. The molecule has 0 aliphatic heterocycles. The minimum Gasteiger partial charge on any atom is -0.512 e. The summed E-state index contributed by atoms with van der Waals surface area (Å²) in [5.74, 6) is 0. The van der Waals surface area contributed by atoms with Gasteiger partial charge in [-0.2, -0.15) is 0 Å². The van der Waals surface area contributed by atoms with Crippen LogP contribution in [-0.4, -0.2) is 0 Å². The van der Waals surface area contributed by atoms with Crippen molar-refractivity contribution in [3.8, 4) is 0 Å². The van der Waals surface area contributed by atoms with Gasteiger partial charge in [0.2, 0.25) is 0 Å². The fraction of sp³-hybridized carbons (Fsp3) is 0. The normalized spacial score (nSPS) is 0.878. The van der Waals surface area contributed by atoms with Crippen molar-refractivity contribution in [2.45, 2.75) is 0 Å². The molecular formula is C18KMn4N18-15. The van der Waals surface area contributed by atoms with Gasteiger partial charge in [0.05, 0.1) is 0 Å². The maximum Gasteiger partial charge on any atom is 2.00 e. The zero-order valence-corrected chi connectivity index (χ0v) is 27.4. The van der Waals surface area contributed by atoms with E-state index < -0.39 is 0 Å². The van der Waals surface area contributed by atoms with Crippen molar-refractivity contribution in [2.75, 3.05) is 0 Å². The third kappa shape index (κ3) is 1220. The predicted molar refractivity (Wildman–Crippen MR) is 89.4 cm³/mol. The zero-order valence-electron chi connectivity index (χ0n) is 19.6. The average Bonchev–Trinajstić information content (AvgIpc) is 3.13. The Kier molecular flexibility index (Phi) is 8550. The first-order valence-electron chi connectivity index (χ1n) is 4.02. The van der Waals surface area contributed by atoms with E-state index in [9.17, 15) is 0 Å². The molecule has 0 atom stereocenters. The molecule has 0 amide bonds. The first kappa shape index (κ1) is 270. The second-order valence-electron chi connectivity index (χ2n) is 0. The van der Waals surface area contributed by atoms with Crippen LogP contribution >= 0.6 is 0 Å². The minimum atomic E-state index is 0. The molecule has 23 heteroatoms. The van der Waals surface area contributed by atoms with Crippen molar-refractivity contribution in [1.82, 2.24) is 0 Å². The zero-order chi connectivity index (χ0) is 36.0. The molecule has 0 heterocycles. The third-order valence-electron chi connectivity index (χ3n) is 0. The molecule has 0 saturated heterocycles. The van der Waals surface area contributed by atoms with Crippen LogP contribution < -0.4 is 51.4 Å². The molecule has 0 aromatic heterocycles. The van der Waals surface area contributed by atoms with Gasteiger partial charge in [0.25, 0.3) is 0 Å². The van der Waals surface area contributed by atoms with Gasteiger partial charge in [-0.25, -0.2) is 0 Å². The fourth-order valence-corrected chi connectivity index (χ4v) is 0. The molecule has 0 aromatic rings. The van der Waals surface area contributed by atoms with E-state index in [4.69, 9.17) is 213 Å². The third-order valence-corrected chi connectivity index (χ3v) is 0. The number of hydrogen-bond acceptors (Lipinski definition) is 18. The van der Waals surface area contributed by atoms with Gasteiger partial charge < -0.3 is 213 Å². The van der Waals surface area contributed by atoms with Crippen molar-refractivity contribution < 1.29 is 120 Å². The summed E-state index contributed by atoms with van der Waals surface area (Å²) < 4.78 is 0. The molecule has 0 fully saturated rings. The molecule has 0 spiro atoms. The van der Waals surface area contributed by atoms with E-state index in [1.54, 1.807) is 0 Å². The van der Waals surface area contributed by atoms with E-state index in [1.807, 2.05) is 0 Å². The molecule has 0 saturated carbocycles. The fourth-order valence-electron chi connectivity index (χ4n) is 0. The molecule has 4 radical (unpaired) electrons. The van der Waals surface area contributed by atoms with Gasteiger partial charge in [0.1, 0.15) is 0 Å². The van der Waals surface area contributed by atoms with Crippen molar-refractivity contribution in [1.29, 1.82) is 94.7 Å². The summed E-state index contributed by atoms with van der Waals surface area (Å²) in [6.45, 7) is 85.5. The molecule has 18 nitrogen and oxygen atoms in total. The largest absolute Gasteiger partial charge is 2.00 e. The molecule has 0 aliphatic carbocycles. The molecule has 206 valence electrons. The topological polar surface area (TPSA) is 428 Å². The SMILES string of the molecule is [C-]#N.[C-]#N.[C-]#N.[C-]#N.[C-]#N.[C-]#N.[C-]#N.[C-]#N.[C-]#N.[C-]#N.[C-]#N.[C-]#N.[C-]#N.[C-]#N.[C-]#N.[C-]#N.[C-]#N.[C-]#N.[K+].[Mn+2].[Mn].[Mn].[Mn]. The Hall–Kier alpha value is -5.47. The van der Waals surface area contributed by atoms with E-state index in [0.29, 0.717) is 0 Å². The first-order valence-corrected chi connectivity index (χ1v) is 4.02. The standard InChI is InChI=1S/18CN.K.4Mn/c18*1-2;;;;;/q18*-1;+1;;;;+2. The second kappa shape index (κ2) is 1300. The average molecular weight is 727 g/mol. The Bertz CT molecular complexity index is 372. The van der Waals surface area contributed by atoms with Crippen LogP contribution in [-0.2, 0) is 68.3 Å². The van der Waals surface area contributed by atoms with E-state index in [1.165, 1.54) is 0 Å². The van der Waals surface area contributed by atoms with Gasteiger partial charge >= 0.3 is 68.5 Å². The van der Waals surface area contributed by atoms with Gasteiger partial charge in [-0.15, -0.1) is 0 Å². The van der Waals surface area contributed by atoms with E-state index in [0.717, 1.165) is 0 Å². The van der Waals surface area contributed by atoms with Crippen LogP contribution in [0.3, 0.4) is 0 Å². The summed E-state index contributed by atoms with van der Waals surface area (Å²) in [7, 11) is 0.